The monoisotopic (exact) mass is 360 g/mol. The molecule has 0 aliphatic carbocycles. The van der Waals surface area contributed by atoms with E-state index >= 15 is 0 Å². The van der Waals surface area contributed by atoms with Gasteiger partial charge in [-0.2, -0.15) is 0 Å². The minimum atomic E-state index is -0.697. The van der Waals surface area contributed by atoms with E-state index in [-0.39, 0.29) is 12.4 Å². The van der Waals surface area contributed by atoms with Crippen LogP contribution in [0.4, 0.5) is 0 Å². The molecule has 26 heavy (non-hydrogen) atoms. The number of ether oxygens (including phenoxy) is 4. The molecule has 0 saturated carbocycles. The van der Waals surface area contributed by atoms with Crippen molar-refractivity contribution in [3.05, 3.63) is 54.1 Å². The lowest BCUT2D eigenvalue weighted by molar-refractivity contribution is -0.0265. The van der Waals surface area contributed by atoms with Gasteiger partial charge in [0.05, 0.1) is 20.8 Å². The minimum absolute atomic E-state index is 0.0225. The lowest BCUT2D eigenvalue weighted by atomic mass is 10.0. The number of aliphatic hydroxyl groups is 1. The van der Waals surface area contributed by atoms with Gasteiger partial charge in [-0.1, -0.05) is 24.8 Å². The van der Waals surface area contributed by atoms with Crippen LogP contribution in [0.2, 0.25) is 0 Å². The predicted molar refractivity (Wildman–Crippen MR) is 99.0 cm³/mol. The van der Waals surface area contributed by atoms with Crippen molar-refractivity contribution < 1.29 is 29.2 Å². The number of benzene rings is 2. The van der Waals surface area contributed by atoms with Crippen molar-refractivity contribution in [2.24, 2.45) is 0 Å². The van der Waals surface area contributed by atoms with Crippen molar-refractivity contribution in [2.45, 2.75) is 12.2 Å². The van der Waals surface area contributed by atoms with E-state index in [0.717, 1.165) is 5.56 Å². The van der Waals surface area contributed by atoms with Crippen LogP contribution in [0.5, 0.6) is 23.0 Å². The molecule has 0 aromatic heterocycles. The van der Waals surface area contributed by atoms with Crippen LogP contribution >= 0.6 is 0 Å². The van der Waals surface area contributed by atoms with Crippen molar-refractivity contribution in [1.82, 2.24) is 0 Å². The van der Waals surface area contributed by atoms with Crippen molar-refractivity contribution in [3.63, 3.8) is 0 Å². The van der Waals surface area contributed by atoms with Crippen LogP contribution in [0.25, 0.3) is 6.08 Å². The summed E-state index contributed by atoms with van der Waals surface area (Å²) in [6.07, 6.45) is 0.423. The molecule has 2 aromatic carbocycles. The second-order valence-corrected chi connectivity index (χ2v) is 5.54. The molecule has 0 spiro atoms. The molecule has 140 valence electrons. The van der Waals surface area contributed by atoms with Gasteiger partial charge in [0.1, 0.15) is 6.10 Å². The number of aromatic hydroxyl groups is 1. The Balaban J connectivity index is 2.32. The molecule has 0 aliphatic heterocycles. The Bertz CT molecular complexity index is 743. The standard InChI is InChI=1S/C20H24O6/c1-5-13-6-9-16(18(10-13)24-3)26-19(12-21)20(25-4)14-7-8-15(22)17(11-14)23-2/h5-11,19-22H,1,12H2,2-4H3. The molecule has 2 rings (SSSR count). The van der Waals surface area contributed by atoms with Gasteiger partial charge in [-0.3, -0.25) is 0 Å². The number of phenolic OH excluding ortho intramolecular Hbond substituents is 1. The number of hydrogen-bond donors (Lipinski definition) is 2. The van der Waals surface area contributed by atoms with E-state index in [2.05, 4.69) is 6.58 Å². The van der Waals surface area contributed by atoms with Gasteiger partial charge in [0, 0.05) is 7.11 Å². The van der Waals surface area contributed by atoms with E-state index < -0.39 is 12.2 Å². The molecule has 0 saturated heterocycles. The van der Waals surface area contributed by atoms with E-state index in [9.17, 15) is 10.2 Å². The summed E-state index contributed by atoms with van der Waals surface area (Å²) in [4.78, 5) is 0. The summed E-state index contributed by atoms with van der Waals surface area (Å²) in [6, 6.07) is 10.2. The molecule has 2 atom stereocenters. The van der Waals surface area contributed by atoms with Crippen LogP contribution in [0.15, 0.2) is 43.0 Å². The molecule has 6 heteroatoms. The first-order valence-corrected chi connectivity index (χ1v) is 8.05. The molecular formula is C20H24O6. The third-order valence-electron chi connectivity index (χ3n) is 4.01. The van der Waals surface area contributed by atoms with E-state index in [1.54, 1.807) is 37.5 Å². The molecule has 0 aliphatic rings. The van der Waals surface area contributed by atoms with E-state index in [1.807, 2.05) is 6.07 Å². The van der Waals surface area contributed by atoms with Crippen LogP contribution < -0.4 is 14.2 Å². The molecule has 0 heterocycles. The highest BCUT2D eigenvalue weighted by Gasteiger charge is 2.26. The molecule has 6 nitrogen and oxygen atoms in total. The van der Waals surface area contributed by atoms with Crippen molar-refractivity contribution >= 4 is 6.08 Å². The number of methoxy groups -OCH3 is 3. The molecule has 0 radical (unpaired) electrons. The van der Waals surface area contributed by atoms with Crippen LogP contribution in [-0.2, 0) is 4.74 Å². The number of aliphatic hydroxyl groups excluding tert-OH is 1. The average Bonchev–Trinajstić information content (AvgIpc) is 2.68. The van der Waals surface area contributed by atoms with Gasteiger partial charge in [-0.15, -0.1) is 0 Å². The Morgan fingerprint density at radius 3 is 2.31 bits per heavy atom. The van der Waals surface area contributed by atoms with Gasteiger partial charge in [0.25, 0.3) is 0 Å². The second-order valence-electron chi connectivity index (χ2n) is 5.54. The van der Waals surface area contributed by atoms with Gasteiger partial charge in [0.15, 0.2) is 29.1 Å². The Morgan fingerprint density at radius 1 is 1.00 bits per heavy atom. The lowest BCUT2D eigenvalue weighted by Gasteiger charge is -2.27. The number of rotatable bonds is 9. The molecule has 0 bridgehead atoms. The van der Waals surface area contributed by atoms with Gasteiger partial charge in [-0.05, 0) is 35.4 Å². The molecule has 0 amide bonds. The summed E-state index contributed by atoms with van der Waals surface area (Å²) in [7, 11) is 4.53. The average molecular weight is 360 g/mol. The zero-order valence-electron chi connectivity index (χ0n) is 15.1. The third-order valence-corrected chi connectivity index (χ3v) is 4.01. The Labute approximate surface area is 153 Å². The first-order chi connectivity index (χ1) is 12.6. The van der Waals surface area contributed by atoms with Gasteiger partial charge in [-0.25, -0.2) is 0 Å². The SMILES string of the molecule is C=Cc1ccc(OC(CO)C(OC)c2ccc(O)c(OC)c2)c(OC)c1. The van der Waals surface area contributed by atoms with E-state index in [0.29, 0.717) is 22.8 Å². The van der Waals surface area contributed by atoms with E-state index in [1.165, 1.54) is 20.3 Å². The molecule has 2 aromatic rings. The van der Waals surface area contributed by atoms with Gasteiger partial charge in [0.2, 0.25) is 0 Å². The summed E-state index contributed by atoms with van der Waals surface area (Å²) < 4.78 is 22.0. The smallest absolute Gasteiger partial charge is 0.161 e. The Kier molecular flexibility index (Phi) is 6.89. The highest BCUT2D eigenvalue weighted by Crippen LogP contribution is 2.35. The maximum atomic E-state index is 9.85. The summed E-state index contributed by atoms with van der Waals surface area (Å²) >= 11 is 0. The fourth-order valence-electron chi connectivity index (χ4n) is 2.64. The van der Waals surface area contributed by atoms with Crippen molar-refractivity contribution in [1.29, 1.82) is 0 Å². The fraction of sp³-hybridized carbons (Fsp3) is 0.300. The first-order valence-electron chi connectivity index (χ1n) is 8.05. The summed E-state index contributed by atoms with van der Waals surface area (Å²) in [5.41, 5.74) is 1.59. The predicted octanol–water partition coefficient (Wildman–Crippen LogP) is 3.18. The third kappa shape index (κ3) is 4.28. The summed E-state index contributed by atoms with van der Waals surface area (Å²) in [5.74, 6) is 1.34. The van der Waals surface area contributed by atoms with Crippen molar-refractivity contribution in [2.75, 3.05) is 27.9 Å². The summed E-state index contributed by atoms with van der Waals surface area (Å²) in [6.45, 7) is 3.45. The number of hydrogen-bond acceptors (Lipinski definition) is 6. The van der Waals surface area contributed by atoms with Crippen LogP contribution in [-0.4, -0.2) is 44.3 Å². The molecule has 2 N–H and O–H groups in total. The first kappa shape index (κ1) is 19.6. The van der Waals surface area contributed by atoms with E-state index in [4.69, 9.17) is 18.9 Å². The highest BCUT2D eigenvalue weighted by atomic mass is 16.6. The normalized spacial score (nSPS) is 12.9. The Morgan fingerprint density at radius 2 is 1.73 bits per heavy atom. The highest BCUT2D eigenvalue weighted by molar-refractivity contribution is 5.54. The minimum Gasteiger partial charge on any atom is -0.504 e. The van der Waals surface area contributed by atoms with Crippen LogP contribution in [0.1, 0.15) is 17.2 Å². The van der Waals surface area contributed by atoms with Crippen LogP contribution in [0, 0.1) is 0 Å². The fourth-order valence-corrected chi connectivity index (χ4v) is 2.64. The topological polar surface area (TPSA) is 77.4 Å². The molecular weight excluding hydrogens is 336 g/mol. The van der Waals surface area contributed by atoms with Crippen molar-refractivity contribution in [3.8, 4) is 23.0 Å². The van der Waals surface area contributed by atoms with Gasteiger partial charge < -0.3 is 29.2 Å². The maximum Gasteiger partial charge on any atom is 0.161 e. The maximum absolute atomic E-state index is 9.85. The quantitative estimate of drug-likeness (QED) is 0.715. The zero-order valence-corrected chi connectivity index (χ0v) is 15.1. The largest absolute Gasteiger partial charge is 0.504 e. The Hall–Kier alpha value is -2.70. The lowest BCUT2D eigenvalue weighted by Crippen LogP contribution is -2.30. The van der Waals surface area contributed by atoms with Gasteiger partial charge >= 0.3 is 0 Å². The summed E-state index contributed by atoms with van der Waals surface area (Å²) in [5, 5.41) is 19.6. The second kappa shape index (κ2) is 9.12. The number of phenols is 1. The zero-order chi connectivity index (χ0) is 19.1. The van der Waals surface area contributed by atoms with Crippen LogP contribution in [0.3, 0.4) is 0 Å². The molecule has 2 unspecified atom stereocenters. The molecule has 0 fully saturated rings.